The van der Waals surface area contributed by atoms with Crippen LogP contribution in [0.3, 0.4) is 0 Å². The molecule has 0 unspecified atom stereocenters. The number of nitrogens with one attached hydrogen (secondary N) is 2. The molecule has 0 atom stereocenters. The Hall–Kier alpha value is -4.13. The molecule has 7 heteroatoms. The van der Waals surface area contributed by atoms with Gasteiger partial charge in [0.05, 0.1) is 5.69 Å². The zero-order chi connectivity index (χ0) is 24.5. The maximum Gasteiger partial charge on any atom is 0.272 e. The van der Waals surface area contributed by atoms with E-state index in [4.69, 9.17) is 0 Å². The van der Waals surface area contributed by atoms with E-state index in [0.29, 0.717) is 43.1 Å². The molecule has 0 bridgehead atoms. The first kappa shape index (κ1) is 22.7. The maximum atomic E-state index is 13.6. The second-order valence-corrected chi connectivity index (χ2v) is 9.00. The van der Waals surface area contributed by atoms with Crippen molar-refractivity contribution in [1.29, 1.82) is 0 Å². The molecule has 1 aromatic heterocycles. The predicted molar refractivity (Wildman–Crippen MR) is 137 cm³/mol. The van der Waals surface area contributed by atoms with Crippen molar-refractivity contribution in [2.75, 3.05) is 36.4 Å². The van der Waals surface area contributed by atoms with Gasteiger partial charge in [0.25, 0.3) is 11.8 Å². The minimum absolute atomic E-state index is 0.156. The van der Waals surface area contributed by atoms with Crippen LogP contribution in [-0.4, -0.2) is 47.9 Å². The summed E-state index contributed by atoms with van der Waals surface area (Å²) < 4.78 is 13.3. The van der Waals surface area contributed by atoms with Gasteiger partial charge in [0, 0.05) is 48.3 Å². The summed E-state index contributed by atoms with van der Waals surface area (Å²) in [6.45, 7) is 6.28. The Morgan fingerprint density at radius 2 is 1.51 bits per heavy atom. The van der Waals surface area contributed by atoms with Crippen molar-refractivity contribution < 1.29 is 14.0 Å². The molecule has 5 rings (SSSR count). The van der Waals surface area contributed by atoms with Crippen LogP contribution in [0, 0.1) is 19.7 Å². The molecule has 4 aromatic rings. The number of carbonyl (C=O) groups excluding carboxylic acids is 2. The third-order valence-electron chi connectivity index (χ3n) is 6.48. The van der Waals surface area contributed by atoms with Gasteiger partial charge in [-0.15, -0.1) is 0 Å². The number of aromatic amines is 1. The smallest absolute Gasteiger partial charge is 0.272 e. The van der Waals surface area contributed by atoms with E-state index in [9.17, 15) is 14.0 Å². The molecule has 35 heavy (non-hydrogen) atoms. The normalized spacial score (nSPS) is 13.8. The minimum Gasteiger partial charge on any atom is -0.368 e. The summed E-state index contributed by atoms with van der Waals surface area (Å²) in [7, 11) is 0. The van der Waals surface area contributed by atoms with Crippen LogP contribution in [0.15, 0.2) is 66.7 Å². The monoisotopic (exact) mass is 470 g/mol. The first-order chi connectivity index (χ1) is 16.9. The number of aryl methyl sites for hydroxylation is 2. The van der Waals surface area contributed by atoms with Crippen LogP contribution >= 0.6 is 0 Å². The van der Waals surface area contributed by atoms with E-state index < -0.39 is 0 Å². The molecule has 6 nitrogen and oxygen atoms in total. The molecule has 2 heterocycles. The zero-order valence-electron chi connectivity index (χ0n) is 19.8. The average molecular weight is 471 g/mol. The Bertz CT molecular complexity index is 1390. The average Bonchev–Trinajstić information content (AvgIpc) is 3.22. The molecule has 1 aliphatic rings. The predicted octanol–water partition coefficient (Wildman–Crippen LogP) is 5.14. The number of carbonyl (C=O) groups is 2. The maximum absolute atomic E-state index is 13.6. The van der Waals surface area contributed by atoms with Crippen molar-refractivity contribution in [1.82, 2.24) is 9.88 Å². The minimum atomic E-state index is -0.267. The van der Waals surface area contributed by atoms with Crippen LogP contribution in [0.5, 0.6) is 0 Å². The molecular formula is C28H27FN4O2. The summed E-state index contributed by atoms with van der Waals surface area (Å²) in [5.74, 6) is -0.684. The molecule has 0 aliphatic carbocycles. The van der Waals surface area contributed by atoms with Crippen molar-refractivity contribution >= 4 is 34.1 Å². The van der Waals surface area contributed by atoms with E-state index in [-0.39, 0.29) is 17.6 Å². The Balaban J connectivity index is 1.40. The summed E-state index contributed by atoms with van der Waals surface area (Å²) in [4.78, 5) is 33.8. The highest BCUT2D eigenvalue weighted by Gasteiger charge is 2.27. The summed E-state index contributed by atoms with van der Waals surface area (Å²) in [5, 5.41) is 3.80. The molecule has 0 spiro atoms. The van der Waals surface area contributed by atoms with E-state index in [1.807, 2.05) is 44.2 Å². The van der Waals surface area contributed by atoms with Crippen molar-refractivity contribution in [2.45, 2.75) is 13.8 Å². The Kier molecular flexibility index (Phi) is 5.99. The Morgan fingerprint density at radius 1 is 0.857 bits per heavy atom. The molecule has 1 aliphatic heterocycles. The standard InChI is InChI=1S/C28H27FN4O2/c1-18-3-6-20(7-4-18)27(34)31-25-23-17-19(2)5-12-24(23)30-26(25)28(35)33-15-13-32(14-16-33)22-10-8-21(29)9-11-22/h3-12,17,30H,13-16H2,1-2H3,(H,31,34). The van der Waals surface area contributed by atoms with Gasteiger partial charge < -0.3 is 20.1 Å². The number of halogens is 1. The first-order valence-electron chi connectivity index (χ1n) is 11.7. The molecule has 2 amide bonds. The molecule has 1 saturated heterocycles. The second-order valence-electron chi connectivity index (χ2n) is 9.00. The lowest BCUT2D eigenvalue weighted by atomic mass is 10.1. The number of nitrogens with zero attached hydrogens (tertiary/aromatic N) is 2. The van der Waals surface area contributed by atoms with E-state index in [1.165, 1.54) is 12.1 Å². The van der Waals surface area contributed by atoms with Gasteiger partial charge in [-0.3, -0.25) is 9.59 Å². The van der Waals surface area contributed by atoms with Crippen molar-refractivity contribution in [3.63, 3.8) is 0 Å². The lowest BCUT2D eigenvalue weighted by Crippen LogP contribution is -2.49. The molecule has 1 fully saturated rings. The number of anilines is 2. The van der Waals surface area contributed by atoms with Crippen molar-refractivity contribution in [3.8, 4) is 0 Å². The topological polar surface area (TPSA) is 68.4 Å². The fraction of sp³-hybridized carbons (Fsp3) is 0.214. The summed E-state index contributed by atoms with van der Waals surface area (Å²) >= 11 is 0. The number of amides is 2. The number of piperazine rings is 1. The SMILES string of the molecule is Cc1ccc(C(=O)Nc2c(C(=O)N3CCN(c4ccc(F)cc4)CC3)[nH]c3ccc(C)cc23)cc1. The third-order valence-corrected chi connectivity index (χ3v) is 6.48. The molecule has 3 aromatic carbocycles. The Labute approximate surface area is 203 Å². The van der Waals surface area contributed by atoms with Gasteiger partial charge in [-0.25, -0.2) is 4.39 Å². The molecule has 2 N–H and O–H groups in total. The number of hydrogen-bond acceptors (Lipinski definition) is 3. The van der Waals surface area contributed by atoms with Crippen LogP contribution in [0.2, 0.25) is 0 Å². The van der Waals surface area contributed by atoms with Crippen LogP contribution in [0.25, 0.3) is 10.9 Å². The zero-order valence-corrected chi connectivity index (χ0v) is 19.8. The van der Waals surface area contributed by atoms with Gasteiger partial charge in [0.2, 0.25) is 0 Å². The number of benzene rings is 3. The lowest BCUT2D eigenvalue weighted by Gasteiger charge is -2.36. The summed E-state index contributed by atoms with van der Waals surface area (Å²) in [6, 6.07) is 19.6. The Morgan fingerprint density at radius 3 is 2.20 bits per heavy atom. The van der Waals surface area contributed by atoms with Gasteiger partial charge in [-0.2, -0.15) is 0 Å². The van der Waals surface area contributed by atoms with Crippen molar-refractivity contribution in [3.05, 3.63) is 94.9 Å². The highest BCUT2D eigenvalue weighted by atomic mass is 19.1. The molecule has 178 valence electrons. The number of hydrogen-bond donors (Lipinski definition) is 2. The third kappa shape index (κ3) is 4.62. The first-order valence-corrected chi connectivity index (χ1v) is 11.7. The highest BCUT2D eigenvalue weighted by Crippen LogP contribution is 2.31. The van der Waals surface area contributed by atoms with Crippen LogP contribution in [0.4, 0.5) is 15.8 Å². The fourth-order valence-corrected chi connectivity index (χ4v) is 4.46. The number of aromatic nitrogens is 1. The van der Waals surface area contributed by atoms with E-state index in [0.717, 1.165) is 27.7 Å². The largest absolute Gasteiger partial charge is 0.368 e. The quantitative estimate of drug-likeness (QED) is 0.434. The molecular weight excluding hydrogens is 443 g/mol. The van der Waals surface area contributed by atoms with E-state index in [1.54, 1.807) is 29.2 Å². The number of fused-ring (bicyclic) bond motifs is 1. The lowest BCUT2D eigenvalue weighted by molar-refractivity contribution is 0.0743. The van der Waals surface area contributed by atoms with E-state index >= 15 is 0 Å². The highest BCUT2D eigenvalue weighted by molar-refractivity contribution is 6.15. The molecule has 0 radical (unpaired) electrons. The van der Waals surface area contributed by atoms with Gasteiger partial charge in [-0.1, -0.05) is 29.3 Å². The van der Waals surface area contributed by atoms with Crippen molar-refractivity contribution in [2.24, 2.45) is 0 Å². The number of H-pyrrole nitrogens is 1. The summed E-state index contributed by atoms with van der Waals surface area (Å²) in [6.07, 6.45) is 0. The van der Waals surface area contributed by atoms with Gasteiger partial charge >= 0.3 is 0 Å². The molecule has 0 saturated carbocycles. The van der Waals surface area contributed by atoms with Crippen LogP contribution < -0.4 is 10.2 Å². The number of rotatable bonds is 4. The summed E-state index contributed by atoms with van der Waals surface area (Å²) in [5.41, 5.74) is 5.24. The van der Waals surface area contributed by atoms with Gasteiger partial charge in [0.1, 0.15) is 11.5 Å². The van der Waals surface area contributed by atoms with Crippen LogP contribution in [-0.2, 0) is 0 Å². The van der Waals surface area contributed by atoms with Crippen LogP contribution in [0.1, 0.15) is 32.0 Å². The van der Waals surface area contributed by atoms with E-state index in [2.05, 4.69) is 15.2 Å². The van der Waals surface area contributed by atoms with Gasteiger partial charge in [-0.05, 0) is 62.4 Å². The van der Waals surface area contributed by atoms with Gasteiger partial charge in [0.15, 0.2) is 0 Å². The second kappa shape index (κ2) is 9.25. The fourth-order valence-electron chi connectivity index (χ4n) is 4.46.